The number of allylic oxidation sites excluding steroid dienone is 1. The van der Waals surface area contributed by atoms with E-state index in [2.05, 4.69) is 18.6 Å². The van der Waals surface area contributed by atoms with E-state index in [4.69, 9.17) is 0 Å². The van der Waals surface area contributed by atoms with Crippen molar-refractivity contribution in [1.82, 2.24) is 0 Å². The lowest BCUT2D eigenvalue weighted by Crippen LogP contribution is -2.04. The van der Waals surface area contributed by atoms with Crippen molar-refractivity contribution in [2.45, 2.75) is 33.1 Å². The van der Waals surface area contributed by atoms with Gasteiger partial charge in [0.05, 0.1) is 12.3 Å². The number of carbonyl (C=O) groups is 2. The molecule has 1 heterocycles. The van der Waals surface area contributed by atoms with E-state index < -0.39 is 11.9 Å². The van der Waals surface area contributed by atoms with Gasteiger partial charge in [-0.15, -0.1) is 0 Å². The lowest BCUT2D eigenvalue weighted by atomic mass is 10.0. The molecule has 1 aliphatic heterocycles. The minimum Gasteiger partial charge on any atom is -0.393 e. The molecule has 3 heteroatoms. The molecule has 14 heavy (non-hydrogen) atoms. The van der Waals surface area contributed by atoms with Crippen LogP contribution >= 0.6 is 0 Å². The van der Waals surface area contributed by atoms with Crippen LogP contribution in [0.5, 0.6) is 0 Å². The molecule has 0 spiro atoms. The molecule has 2 atom stereocenters. The van der Waals surface area contributed by atoms with Gasteiger partial charge in [0.25, 0.3) is 0 Å². The van der Waals surface area contributed by atoms with Gasteiger partial charge in [0.2, 0.25) is 0 Å². The van der Waals surface area contributed by atoms with E-state index >= 15 is 0 Å². The van der Waals surface area contributed by atoms with Crippen LogP contribution in [0.4, 0.5) is 0 Å². The summed E-state index contributed by atoms with van der Waals surface area (Å²) in [6, 6.07) is 0. The molecule has 2 unspecified atom stereocenters. The second kappa shape index (κ2) is 4.94. The van der Waals surface area contributed by atoms with Crippen LogP contribution in [0.25, 0.3) is 0 Å². The molecule has 78 valence electrons. The Labute approximate surface area is 84.1 Å². The highest BCUT2D eigenvalue weighted by Crippen LogP contribution is 2.18. The molecule has 0 aliphatic carbocycles. The van der Waals surface area contributed by atoms with Gasteiger partial charge in [-0.25, -0.2) is 0 Å². The van der Waals surface area contributed by atoms with E-state index in [1.807, 2.05) is 6.08 Å². The summed E-state index contributed by atoms with van der Waals surface area (Å²) in [6.07, 6.45) is 6.22. The van der Waals surface area contributed by atoms with Gasteiger partial charge >= 0.3 is 11.9 Å². The van der Waals surface area contributed by atoms with E-state index in [0.29, 0.717) is 5.92 Å². The van der Waals surface area contributed by atoms with Crippen molar-refractivity contribution >= 4 is 11.9 Å². The second-order valence-corrected chi connectivity index (χ2v) is 3.75. The van der Waals surface area contributed by atoms with Crippen molar-refractivity contribution in [1.29, 1.82) is 0 Å². The fourth-order valence-corrected chi connectivity index (χ4v) is 1.51. The Morgan fingerprint density at radius 2 is 2.29 bits per heavy atom. The summed E-state index contributed by atoms with van der Waals surface area (Å²) in [5, 5.41) is 0. The van der Waals surface area contributed by atoms with Crippen molar-refractivity contribution in [3.8, 4) is 0 Å². The number of esters is 2. The first-order valence-electron chi connectivity index (χ1n) is 5.06. The van der Waals surface area contributed by atoms with Crippen molar-refractivity contribution in [3.05, 3.63) is 12.2 Å². The van der Waals surface area contributed by atoms with Gasteiger partial charge in [0.1, 0.15) is 0 Å². The molecule has 0 aromatic heterocycles. The topological polar surface area (TPSA) is 43.4 Å². The molecule has 3 nitrogen and oxygen atoms in total. The van der Waals surface area contributed by atoms with Crippen molar-refractivity contribution in [3.63, 3.8) is 0 Å². The van der Waals surface area contributed by atoms with Gasteiger partial charge in [0.15, 0.2) is 0 Å². The molecule has 1 rings (SSSR count). The Bertz CT molecular complexity index is 255. The highest BCUT2D eigenvalue weighted by Gasteiger charge is 2.31. The maximum atomic E-state index is 11.1. The smallest absolute Gasteiger partial charge is 0.321 e. The number of hydrogen-bond acceptors (Lipinski definition) is 3. The summed E-state index contributed by atoms with van der Waals surface area (Å²) in [5.74, 6) is -0.701. The average molecular weight is 196 g/mol. The summed E-state index contributed by atoms with van der Waals surface area (Å²) in [5.41, 5.74) is 0. The van der Waals surface area contributed by atoms with Gasteiger partial charge < -0.3 is 4.74 Å². The van der Waals surface area contributed by atoms with Crippen molar-refractivity contribution < 1.29 is 14.3 Å². The number of carbonyl (C=O) groups excluding carboxylic acids is 2. The van der Waals surface area contributed by atoms with E-state index in [1.165, 1.54) is 0 Å². The zero-order chi connectivity index (χ0) is 10.6. The monoisotopic (exact) mass is 196 g/mol. The van der Waals surface area contributed by atoms with Crippen molar-refractivity contribution in [2.75, 3.05) is 0 Å². The SMILES string of the molecule is CCCC(C)C=CC1CC(=O)OC1=O. The number of ether oxygens (including phenoxy) is 1. The fourth-order valence-electron chi connectivity index (χ4n) is 1.51. The molecule has 0 saturated carbocycles. The Morgan fingerprint density at radius 3 is 2.79 bits per heavy atom. The summed E-state index contributed by atoms with van der Waals surface area (Å²) in [7, 11) is 0. The molecule has 0 N–H and O–H groups in total. The first-order valence-corrected chi connectivity index (χ1v) is 5.06. The van der Waals surface area contributed by atoms with Gasteiger partial charge in [-0.2, -0.15) is 0 Å². The molecular weight excluding hydrogens is 180 g/mol. The number of cyclic esters (lactones) is 2. The highest BCUT2D eigenvalue weighted by atomic mass is 16.6. The van der Waals surface area contributed by atoms with Crippen LogP contribution < -0.4 is 0 Å². The first kappa shape index (κ1) is 11.0. The third kappa shape index (κ3) is 2.98. The predicted octanol–water partition coefficient (Wildman–Crippen LogP) is 2.07. The summed E-state index contributed by atoms with van der Waals surface area (Å²) < 4.78 is 4.44. The van der Waals surface area contributed by atoms with Crippen LogP contribution in [-0.4, -0.2) is 11.9 Å². The Kier molecular flexibility index (Phi) is 3.86. The molecule has 0 aromatic carbocycles. The third-order valence-corrected chi connectivity index (χ3v) is 2.32. The van der Waals surface area contributed by atoms with E-state index in [-0.39, 0.29) is 12.3 Å². The van der Waals surface area contributed by atoms with Crippen LogP contribution in [-0.2, 0) is 14.3 Å². The number of hydrogen-bond donors (Lipinski definition) is 0. The lowest BCUT2D eigenvalue weighted by Gasteiger charge is -2.03. The fraction of sp³-hybridized carbons (Fsp3) is 0.636. The lowest BCUT2D eigenvalue weighted by molar-refractivity contribution is -0.152. The molecular formula is C11H16O3. The van der Waals surface area contributed by atoms with E-state index in [1.54, 1.807) is 6.08 Å². The average Bonchev–Trinajstić information content (AvgIpc) is 2.42. The van der Waals surface area contributed by atoms with Crippen LogP contribution in [0.2, 0.25) is 0 Å². The molecule has 1 saturated heterocycles. The summed E-state index contributed by atoms with van der Waals surface area (Å²) in [6.45, 7) is 4.22. The van der Waals surface area contributed by atoms with Crippen LogP contribution in [0.1, 0.15) is 33.1 Å². The second-order valence-electron chi connectivity index (χ2n) is 3.75. The summed E-state index contributed by atoms with van der Waals surface area (Å²) in [4.78, 5) is 21.8. The normalized spacial score (nSPS) is 24.3. The van der Waals surface area contributed by atoms with Crippen molar-refractivity contribution in [2.24, 2.45) is 11.8 Å². The van der Waals surface area contributed by atoms with Gasteiger partial charge in [-0.1, -0.05) is 32.4 Å². The molecule has 1 fully saturated rings. The maximum absolute atomic E-state index is 11.1. The van der Waals surface area contributed by atoms with Crippen LogP contribution in [0, 0.1) is 11.8 Å². The number of rotatable bonds is 4. The standard InChI is InChI=1S/C11H16O3/c1-3-4-8(2)5-6-9-7-10(12)14-11(9)13/h5-6,8-9H,3-4,7H2,1-2H3. The van der Waals surface area contributed by atoms with E-state index in [0.717, 1.165) is 12.8 Å². The van der Waals surface area contributed by atoms with E-state index in [9.17, 15) is 9.59 Å². The zero-order valence-electron chi connectivity index (χ0n) is 8.66. The van der Waals surface area contributed by atoms with Crippen LogP contribution in [0.15, 0.2) is 12.2 Å². The van der Waals surface area contributed by atoms with Gasteiger partial charge in [-0.05, 0) is 12.3 Å². The minimum absolute atomic E-state index is 0.203. The molecule has 0 amide bonds. The Hall–Kier alpha value is -1.12. The quantitative estimate of drug-likeness (QED) is 0.392. The largest absolute Gasteiger partial charge is 0.393 e. The molecule has 0 radical (unpaired) electrons. The van der Waals surface area contributed by atoms with Crippen LogP contribution in [0.3, 0.4) is 0 Å². The Morgan fingerprint density at radius 1 is 1.57 bits per heavy atom. The highest BCUT2D eigenvalue weighted by molar-refractivity contribution is 5.95. The van der Waals surface area contributed by atoms with Gasteiger partial charge in [-0.3, -0.25) is 9.59 Å². The predicted molar refractivity (Wildman–Crippen MR) is 52.4 cm³/mol. The molecule has 0 bridgehead atoms. The Balaban J connectivity index is 2.43. The minimum atomic E-state index is -0.409. The zero-order valence-corrected chi connectivity index (χ0v) is 8.66. The molecule has 0 aromatic rings. The third-order valence-electron chi connectivity index (χ3n) is 2.32. The summed E-state index contributed by atoms with van der Waals surface area (Å²) >= 11 is 0. The maximum Gasteiger partial charge on any atom is 0.321 e. The van der Waals surface area contributed by atoms with Gasteiger partial charge in [0, 0.05) is 0 Å². The first-order chi connectivity index (χ1) is 6.63. The molecule has 1 aliphatic rings.